The van der Waals surface area contributed by atoms with Crippen LogP contribution in [0.2, 0.25) is 0 Å². The fourth-order valence-corrected chi connectivity index (χ4v) is 8.89. The van der Waals surface area contributed by atoms with Crippen molar-refractivity contribution in [3.8, 4) is 0 Å². The number of halogens is 3. The second kappa shape index (κ2) is 8.16. The van der Waals surface area contributed by atoms with Crippen LogP contribution in [0, 0.1) is 59.2 Å². The van der Waals surface area contributed by atoms with Crippen LogP contribution in [-0.4, -0.2) is 16.9 Å². The third kappa shape index (κ3) is 3.86. The van der Waals surface area contributed by atoms with Gasteiger partial charge >= 0.3 is 0 Å². The summed E-state index contributed by atoms with van der Waals surface area (Å²) in [4.78, 5) is 0. The van der Waals surface area contributed by atoms with E-state index < -0.39 is 6.17 Å². The van der Waals surface area contributed by atoms with E-state index in [1.807, 2.05) is 0 Å². The van der Waals surface area contributed by atoms with Crippen molar-refractivity contribution in [2.45, 2.75) is 75.7 Å². The predicted molar refractivity (Wildman–Crippen MR) is 121 cm³/mol. The highest BCUT2D eigenvalue weighted by atomic mass is 35.5. The summed E-state index contributed by atoms with van der Waals surface area (Å²) in [5.41, 5.74) is 0. The van der Waals surface area contributed by atoms with Gasteiger partial charge in [0.2, 0.25) is 0 Å². The summed E-state index contributed by atoms with van der Waals surface area (Å²) in [6.45, 7) is 4.61. The van der Waals surface area contributed by atoms with Crippen molar-refractivity contribution in [3.63, 3.8) is 0 Å². The lowest BCUT2D eigenvalue weighted by molar-refractivity contribution is 0.165. The molecule has 0 N–H and O–H groups in total. The molecule has 3 heteroatoms. The van der Waals surface area contributed by atoms with Crippen molar-refractivity contribution in [2.24, 2.45) is 59.2 Å². The van der Waals surface area contributed by atoms with E-state index in [4.69, 9.17) is 23.2 Å². The molecule has 4 saturated carbocycles. The van der Waals surface area contributed by atoms with Crippen LogP contribution in [0.1, 0.15) is 58.8 Å². The molecular formula is C26H37Cl2F. The minimum Gasteiger partial charge on any atom is -0.247 e. The van der Waals surface area contributed by atoms with Crippen LogP contribution in [0.15, 0.2) is 24.3 Å². The molecule has 13 unspecified atom stereocenters. The molecule has 13 atom stereocenters. The predicted octanol–water partition coefficient (Wildman–Crippen LogP) is 7.65. The molecule has 0 spiro atoms. The van der Waals surface area contributed by atoms with E-state index in [1.165, 1.54) is 38.5 Å². The number of allylic oxidation sites excluding steroid dienone is 4. The first-order chi connectivity index (χ1) is 13.9. The first kappa shape index (κ1) is 20.9. The lowest BCUT2D eigenvalue weighted by Gasteiger charge is -2.32. The summed E-state index contributed by atoms with van der Waals surface area (Å²) in [7, 11) is 0. The first-order valence-corrected chi connectivity index (χ1v) is 13.1. The highest BCUT2D eigenvalue weighted by Crippen LogP contribution is 2.57. The molecule has 0 aromatic carbocycles. The van der Waals surface area contributed by atoms with Crippen molar-refractivity contribution < 1.29 is 4.39 Å². The second-order valence-electron chi connectivity index (χ2n) is 11.4. The Balaban J connectivity index is 0.000000125. The first-order valence-electron chi connectivity index (χ1n) is 12.2. The molecule has 0 saturated heterocycles. The number of fused-ring (bicyclic) bond motifs is 4. The van der Waals surface area contributed by atoms with Crippen molar-refractivity contribution in [1.82, 2.24) is 0 Å². The van der Waals surface area contributed by atoms with Gasteiger partial charge in [-0.25, -0.2) is 4.39 Å². The number of hydrogen-bond donors (Lipinski definition) is 0. The molecule has 6 aliphatic carbocycles. The Morgan fingerprint density at radius 2 is 1.17 bits per heavy atom. The molecule has 6 aliphatic rings. The Bertz CT molecular complexity index is 655. The third-order valence-corrected chi connectivity index (χ3v) is 10.8. The number of rotatable bonds is 2. The molecule has 0 nitrogen and oxygen atoms in total. The van der Waals surface area contributed by atoms with Crippen LogP contribution < -0.4 is 0 Å². The molecule has 0 radical (unpaired) electrons. The normalized spacial score (nSPS) is 56.9. The van der Waals surface area contributed by atoms with Gasteiger partial charge in [0.05, 0.1) is 10.8 Å². The lowest BCUT2D eigenvalue weighted by atomic mass is 9.78. The van der Waals surface area contributed by atoms with Crippen LogP contribution in [0.5, 0.6) is 0 Å². The smallest absolute Gasteiger partial charge is 0.103 e. The Morgan fingerprint density at radius 1 is 0.586 bits per heavy atom. The zero-order valence-corrected chi connectivity index (χ0v) is 19.4. The molecule has 0 aromatic rings. The van der Waals surface area contributed by atoms with Gasteiger partial charge in [0.1, 0.15) is 6.17 Å². The second-order valence-corrected chi connectivity index (χ2v) is 12.4. The van der Waals surface area contributed by atoms with Gasteiger partial charge in [-0.1, -0.05) is 38.2 Å². The highest BCUT2D eigenvalue weighted by Gasteiger charge is 2.53. The molecule has 4 bridgehead atoms. The van der Waals surface area contributed by atoms with Crippen molar-refractivity contribution in [3.05, 3.63) is 24.3 Å². The molecule has 162 valence electrons. The average Bonchev–Trinajstić information content (AvgIpc) is 3.49. The molecule has 4 fully saturated rings. The van der Waals surface area contributed by atoms with E-state index in [1.54, 1.807) is 0 Å². The summed E-state index contributed by atoms with van der Waals surface area (Å²) in [5.74, 6) is 7.31. The Kier molecular flexibility index (Phi) is 5.87. The Morgan fingerprint density at radius 3 is 1.62 bits per heavy atom. The van der Waals surface area contributed by atoms with Crippen LogP contribution in [0.3, 0.4) is 0 Å². The lowest BCUT2D eigenvalue weighted by Crippen LogP contribution is -2.32. The van der Waals surface area contributed by atoms with E-state index >= 15 is 0 Å². The van der Waals surface area contributed by atoms with Crippen molar-refractivity contribution in [2.75, 3.05) is 0 Å². The van der Waals surface area contributed by atoms with Gasteiger partial charge in [0.25, 0.3) is 0 Å². The standard InChI is InChI=1S/C13H18Cl2.C13H19F/c1-7-2-3-8(4-7)10-5-9-6-11(10)13(15)12(9)14;1-8-2-3-9(4-8)12-6-11-5-10(12)7-13(11)14/h2-3,7-13H,4-6H2,1H3;2-3,8-13H,4-7H2,1H3. The van der Waals surface area contributed by atoms with Gasteiger partial charge in [-0.2, -0.15) is 0 Å². The maximum Gasteiger partial charge on any atom is 0.103 e. The molecule has 6 rings (SSSR count). The average molecular weight is 439 g/mol. The fraction of sp³-hybridized carbons (Fsp3) is 0.846. The van der Waals surface area contributed by atoms with E-state index in [9.17, 15) is 4.39 Å². The van der Waals surface area contributed by atoms with Crippen LogP contribution in [0.4, 0.5) is 4.39 Å². The molecule has 0 amide bonds. The van der Waals surface area contributed by atoms with Crippen LogP contribution >= 0.6 is 23.2 Å². The van der Waals surface area contributed by atoms with E-state index in [0.29, 0.717) is 17.8 Å². The van der Waals surface area contributed by atoms with E-state index in [0.717, 1.165) is 47.8 Å². The maximum atomic E-state index is 13.3. The number of hydrogen-bond acceptors (Lipinski definition) is 0. The largest absolute Gasteiger partial charge is 0.247 e. The summed E-state index contributed by atoms with van der Waals surface area (Å²) in [5, 5.41) is 0.482. The topological polar surface area (TPSA) is 0 Å². The van der Waals surface area contributed by atoms with Crippen LogP contribution in [0.25, 0.3) is 0 Å². The van der Waals surface area contributed by atoms with Gasteiger partial charge in [0.15, 0.2) is 0 Å². The van der Waals surface area contributed by atoms with E-state index in [-0.39, 0.29) is 10.8 Å². The van der Waals surface area contributed by atoms with Gasteiger partial charge in [-0.15, -0.1) is 23.2 Å². The molecule has 29 heavy (non-hydrogen) atoms. The number of alkyl halides is 3. The summed E-state index contributed by atoms with van der Waals surface area (Å²) < 4.78 is 13.3. The van der Waals surface area contributed by atoms with Gasteiger partial charge in [0, 0.05) is 0 Å². The Labute approximate surface area is 186 Å². The van der Waals surface area contributed by atoms with Gasteiger partial charge in [-0.3, -0.25) is 0 Å². The van der Waals surface area contributed by atoms with Gasteiger partial charge < -0.3 is 0 Å². The van der Waals surface area contributed by atoms with Crippen molar-refractivity contribution in [1.29, 1.82) is 0 Å². The van der Waals surface area contributed by atoms with Crippen LogP contribution in [-0.2, 0) is 0 Å². The molecule has 0 aliphatic heterocycles. The monoisotopic (exact) mass is 438 g/mol. The minimum atomic E-state index is -0.459. The third-order valence-electron chi connectivity index (χ3n) is 9.45. The summed E-state index contributed by atoms with van der Waals surface area (Å²) >= 11 is 12.7. The fourth-order valence-electron chi connectivity index (χ4n) is 8.01. The zero-order valence-electron chi connectivity index (χ0n) is 17.9. The van der Waals surface area contributed by atoms with E-state index in [2.05, 4.69) is 38.2 Å². The minimum absolute atomic E-state index is 0.236. The highest BCUT2D eigenvalue weighted by molar-refractivity contribution is 6.30. The van der Waals surface area contributed by atoms with Crippen molar-refractivity contribution >= 4 is 23.2 Å². The molecule has 0 heterocycles. The van der Waals surface area contributed by atoms with Gasteiger partial charge in [-0.05, 0) is 104 Å². The molecule has 0 aromatic heterocycles. The quantitative estimate of drug-likeness (QED) is 0.306. The summed E-state index contributed by atoms with van der Waals surface area (Å²) in [6.07, 6.45) is 17.6. The maximum absolute atomic E-state index is 13.3. The summed E-state index contributed by atoms with van der Waals surface area (Å²) in [6, 6.07) is 0. The zero-order chi connectivity index (χ0) is 20.3. The SMILES string of the molecule is CC1C=CC(C2CC3CC2C(Cl)C3Cl)C1.CC1C=CC(C2CC3CC2CC3F)C1. The molecular weight excluding hydrogens is 402 g/mol. The Hall–Kier alpha value is -0.0100.